The third-order valence-corrected chi connectivity index (χ3v) is 3.55. The molecule has 0 aliphatic rings. The molecule has 0 unspecified atom stereocenters. The number of carbonyl (C=O) groups excluding carboxylic acids is 1. The minimum Gasteiger partial charge on any atom is -0.481 e. The summed E-state index contributed by atoms with van der Waals surface area (Å²) in [4.78, 5) is 24.5. The van der Waals surface area contributed by atoms with Crippen LogP contribution in [-0.2, 0) is 16.1 Å². The normalized spacial score (nSPS) is 11.2. The van der Waals surface area contributed by atoms with Crippen molar-refractivity contribution in [1.29, 1.82) is 0 Å². The fourth-order valence-corrected chi connectivity index (χ4v) is 2.23. The minimum absolute atomic E-state index is 0.00906. The lowest BCUT2D eigenvalue weighted by Gasteiger charge is -2.25. The molecule has 0 atom stereocenters. The summed E-state index contributed by atoms with van der Waals surface area (Å²) >= 11 is 3.37. The molecule has 0 heterocycles. The van der Waals surface area contributed by atoms with E-state index in [1.165, 1.54) is 0 Å². The number of carbonyl (C=O) groups is 2. The molecule has 0 fully saturated rings. The molecule has 0 aliphatic carbocycles. The van der Waals surface area contributed by atoms with Gasteiger partial charge < -0.3 is 10.0 Å². The number of nitrogens with zero attached hydrogens (tertiary/aromatic N) is 1. The molecule has 1 N–H and O–H groups in total. The number of amides is 1. The summed E-state index contributed by atoms with van der Waals surface area (Å²) in [5, 5.41) is 8.83. The van der Waals surface area contributed by atoms with Gasteiger partial charge in [-0.05, 0) is 23.1 Å². The Kier molecular flexibility index (Phi) is 5.74. The number of carboxylic acids is 1. The maximum Gasteiger partial charge on any atom is 0.303 e. The van der Waals surface area contributed by atoms with Gasteiger partial charge in [-0.3, -0.25) is 9.59 Å². The summed E-state index contributed by atoms with van der Waals surface area (Å²) in [6, 6.07) is 7.77. The van der Waals surface area contributed by atoms with Crippen molar-refractivity contribution >= 4 is 27.8 Å². The number of carboxylic acid groups (broad SMARTS) is 1. The van der Waals surface area contributed by atoms with E-state index in [9.17, 15) is 9.59 Å². The van der Waals surface area contributed by atoms with Crippen molar-refractivity contribution < 1.29 is 14.7 Å². The Labute approximate surface area is 127 Å². The quantitative estimate of drug-likeness (QED) is 0.863. The molecule has 1 rings (SSSR count). The van der Waals surface area contributed by atoms with Gasteiger partial charge in [0.05, 0.1) is 6.42 Å². The van der Waals surface area contributed by atoms with Crippen molar-refractivity contribution in [2.45, 2.75) is 33.2 Å². The largest absolute Gasteiger partial charge is 0.481 e. The number of halogens is 1. The van der Waals surface area contributed by atoms with E-state index >= 15 is 0 Å². The van der Waals surface area contributed by atoms with Crippen LogP contribution in [0.25, 0.3) is 0 Å². The smallest absolute Gasteiger partial charge is 0.303 e. The number of aliphatic carboxylic acids is 1. The van der Waals surface area contributed by atoms with Crippen LogP contribution >= 0.6 is 15.9 Å². The second-order valence-electron chi connectivity index (χ2n) is 5.79. The van der Waals surface area contributed by atoms with Gasteiger partial charge in [-0.25, -0.2) is 0 Å². The lowest BCUT2D eigenvalue weighted by molar-refractivity contribution is -0.140. The lowest BCUT2D eigenvalue weighted by Crippen LogP contribution is -2.31. The van der Waals surface area contributed by atoms with Crippen molar-refractivity contribution in [3.63, 3.8) is 0 Å². The number of rotatable bonds is 6. The SMILES string of the molecule is CN(Cc1ccc(Br)cc1)C(=O)CC(C)(C)CC(=O)O. The summed E-state index contributed by atoms with van der Waals surface area (Å²) < 4.78 is 0.998. The predicted octanol–water partition coefficient (Wildman–Crippen LogP) is 3.30. The molecule has 0 bridgehead atoms. The molecular formula is C15H20BrNO3. The zero-order chi connectivity index (χ0) is 15.3. The third kappa shape index (κ3) is 5.74. The highest BCUT2D eigenvalue weighted by Gasteiger charge is 2.26. The van der Waals surface area contributed by atoms with E-state index in [1.807, 2.05) is 24.3 Å². The molecule has 1 aromatic carbocycles. The van der Waals surface area contributed by atoms with Crippen LogP contribution in [0, 0.1) is 5.41 Å². The molecule has 0 aliphatic heterocycles. The first-order chi connectivity index (χ1) is 9.19. The summed E-state index contributed by atoms with van der Waals surface area (Å²) in [5.41, 5.74) is 0.511. The van der Waals surface area contributed by atoms with Gasteiger partial charge in [0.25, 0.3) is 0 Å². The van der Waals surface area contributed by atoms with E-state index in [2.05, 4.69) is 15.9 Å². The lowest BCUT2D eigenvalue weighted by atomic mass is 9.85. The maximum absolute atomic E-state index is 12.1. The molecule has 20 heavy (non-hydrogen) atoms. The Morgan fingerprint density at radius 2 is 1.75 bits per heavy atom. The van der Waals surface area contributed by atoms with Crippen LogP contribution in [0.3, 0.4) is 0 Å². The molecule has 0 radical (unpaired) electrons. The maximum atomic E-state index is 12.1. The van der Waals surface area contributed by atoms with E-state index in [0.717, 1.165) is 10.0 Å². The van der Waals surface area contributed by atoms with Gasteiger partial charge in [0.2, 0.25) is 5.91 Å². The van der Waals surface area contributed by atoms with Crippen LogP contribution in [0.2, 0.25) is 0 Å². The van der Waals surface area contributed by atoms with Crippen molar-refractivity contribution in [2.24, 2.45) is 5.41 Å². The zero-order valence-corrected chi connectivity index (χ0v) is 13.6. The fraction of sp³-hybridized carbons (Fsp3) is 0.467. The van der Waals surface area contributed by atoms with E-state index in [4.69, 9.17) is 5.11 Å². The summed E-state index contributed by atoms with van der Waals surface area (Å²) in [6.45, 7) is 4.12. The van der Waals surface area contributed by atoms with Crippen LogP contribution < -0.4 is 0 Å². The van der Waals surface area contributed by atoms with E-state index < -0.39 is 11.4 Å². The molecular weight excluding hydrogens is 322 g/mol. The van der Waals surface area contributed by atoms with E-state index in [0.29, 0.717) is 6.54 Å². The third-order valence-electron chi connectivity index (χ3n) is 3.02. The highest BCUT2D eigenvalue weighted by Crippen LogP contribution is 2.26. The van der Waals surface area contributed by atoms with Gasteiger partial charge in [0, 0.05) is 24.5 Å². The predicted molar refractivity (Wildman–Crippen MR) is 81.3 cm³/mol. The average Bonchev–Trinajstić information content (AvgIpc) is 2.29. The first kappa shape index (κ1) is 16.7. The second-order valence-corrected chi connectivity index (χ2v) is 6.70. The Bertz CT molecular complexity index is 482. The van der Waals surface area contributed by atoms with Crippen molar-refractivity contribution in [3.8, 4) is 0 Å². The summed E-state index contributed by atoms with van der Waals surface area (Å²) in [6.07, 6.45) is 0.219. The standard InChI is InChI=1S/C15H20BrNO3/c1-15(2,9-14(19)20)8-13(18)17(3)10-11-4-6-12(16)7-5-11/h4-7H,8-10H2,1-3H3,(H,19,20). The van der Waals surface area contributed by atoms with Crippen molar-refractivity contribution in [2.75, 3.05) is 7.05 Å². The molecule has 1 aromatic rings. The van der Waals surface area contributed by atoms with Gasteiger partial charge in [-0.1, -0.05) is 41.9 Å². The monoisotopic (exact) mass is 341 g/mol. The Morgan fingerprint density at radius 1 is 1.20 bits per heavy atom. The van der Waals surface area contributed by atoms with Crippen LogP contribution in [0.1, 0.15) is 32.3 Å². The fourth-order valence-electron chi connectivity index (χ4n) is 1.97. The average molecular weight is 342 g/mol. The summed E-state index contributed by atoms with van der Waals surface area (Å²) in [7, 11) is 1.74. The van der Waals surface area contributed by atoms with Crippen molar-refractivity contribution in [1.82, 2.24) is 4.90 Å². The minimum atomic E-state index is -0.877. The van der Waals surface area contributed by atoms with Gasteiger partial charge in [-0.2, -0.15) is 0 Å². The number of hydrogen-bond acceptors (Lipinski definition) is 2. The Balaban J connectivity index is 2.58. The second kappa shape index (κ2) is 6.88. The Morgan fingerprint density at radius 3 is 2.25 bits per heavy atom. The highest BCUT2D eigenvalue weighted by molar-refractivity contribution is 9.10. The number of benzene rings is 1. The first-order valence-electron chi connectivity index (χ1n) is 6.40. The summed E-state index contributed by atoms with van der Waals surface area (Å²) in [5.74, 6) is -0.919. The molecule has 0 saturated heterocycles. The van der Waals surface area contributed by atoms with Gasteiger partial charge in [0.15, 0.2) is 0 Å². The van der Waals surface area contributed by atoms with Crippen LogP contribution in [0.5, 0.6) is 0 Å². The molecule has 0 saturated carbocycles. The van der Waals surface area contributed by atoms with Crippen LogP contribution in [0.15, 0.2) is 28.7 Å². The molecule has 0 aromatic heterocycles. The van der Waals surface area contributed by atoms with Crippen LogP contribution in [0.4, 0.5) is 0 Å². The highest BCUT2D eigenvalue weighted by atomic mass is 79.9. The van der Waals surface area contributed by atoms with Crippen molar-refractivity contribution in [3.05, 3.63) is 34.3 Å². The molecule has 5 heteroatoms. The molecule has 110 valence electrons. The van der Waals surface area contributed by atoms with Gasteiger partial charge in [0.1, 0.15) is 0 Å². The van der Waals surface area contributed by atoms with Gasteiger partial charge in [-0.15, -0.1) is 0 Å². The molecule has 1 amide bonds. The molecule has 4 nitrogen and oxygen atoms in total. The van der Waals surface area contributed by atoms with Gasteiger partial charge >= 0.3 is 5.97 Å². The van der Waals surface area contributed by atoms with E-state index in [1.54, 1.807) is 25.8 Å². The Hall–Kier alpha value is -1.36. The number of hydrogen-bond donors (Lipinski definition) is 1. The molecule has 0 spiro atoms. The first-order valence-corrected chi connectivity index (χ1v) is 7.19. The topological polar surface area (TPSA) is 57.6 Å². The van der Waals surface area contributed by atoms with E-state index in [-0.39, 0.29) is 18.7 Å². The zero-order valence-electron chi connectivity index (χ0n) is 12.0. The van der Waals surface area contributed by atoms with Crippen LogP contribution in [-0.4, -0.2) is 28.9 Å².